The van der Waals surface area contributed by atoms with Gasteiger partial charge in [0.15, 0.2) is 0 Å². The molecule has 7 nitrogen and oxygen atoms in total. The molecule has 2 aromatic heterocycles. The Labute approximate surface area is 162 Å². The third-order valence-electron chi connectivity index (χ3n) is 5.93. The molecule has 0 saturated carbocycles. The van der Waals surface area contributed by atoms with Crippen molar-refractivity contribution < 1.29 is 9.13 Å². The number of nitrogens with two attached hydrogens (primary N) is 1. The van der Waals surface area contributed by atoms with Crippen molar-refractivity contribution in [1.82, 2.24) is 19.7 Å². The lowest BCUT2D eigenvalue weighted by Gasteiger charge is -2.41. The topological polar surface area (TPSA) is 82.1 Å². The summed E-state index contributed by atoms with van der Waals surface area (Å²) in [6.45, 7) is 2.65. The summed E-state index contributed by atoms with van der Waals surface area (Å²) in [7, 11) is 0. The van der Waals surface area contributed by atoms with Crippen molar-refractivity contribution in [1.29, 1.82) is 0 Å². The molecule has 1 aromatic carbocycles. The van der Waals surface area contributed by atoms with Gasteiger partial charge in [-0.05, 0) is 43.2 Å². The van der Waals surface area contributed by atoms with E-state index in [1.54, 1.807) is 24.5 Å². The van der Waals surface area contributed by atoms with Gasteiger partial charge in [0.1, 0.15) is 17.4 Å². The summed E-state index contributed by atoms with van der Waals surface area (Å²) in [6.07, 6.45) is 7.12. The molecule has 1 spiro atoms. The third-order valence-corrected chi connectivity index (χ3v) is 5.93. The van der Waals surface area contributed by atoms with E-state index in [0.717, 1.165) is 44.0 Å². The zero-order chi connectivity index (χ0) is 19.1. The fourth-order valence-corrected chi connectivity index (χ4v) is 4.25. The second-order valence-electron chi connectivity index (χ2n) is 7.51. The number of hydrogen-bond donors (Lipinski definition) is 1. The molecule has 0 aliphatic carbocycles. The number of halogens is 1. The Morgan fingerprint density at radius 3 is 2.54 bits per heavy atom. The quantitative estimate of drug-likeness (QED) is 0.752. The maximum atomic E-state index is 13.0. The van der Waals surface area contributed by atoms with Crippen molar-refractivity contribution in [2.24, 2.45) is 11.1 Å². The number of piperidine rings is 1. The smallest absolute Gasteiger partial charge is 0.237 e. The molecule has 28 heavy (non-hydrogen) atoms. The number of nitrogens with zero attached hydrogens (tertiary/aromatic N) is 5. The van der Waals surface area contributed by atoms with Gasteiger partial charge in [0.05, 0.1) is 24.1 Å². The maximum absolute atomic E-state index is 13.0. The van der Waals surface area contributed by atoms with E-state index in [1.165, 1.54) is 12.1 Å². The van der Waals surface area contributed by atoms with E-state index in [9.17, 15) is 4.39 Å². The number of aromatic nitrogens is 4. The average molecular weight is 380 g/mol. The fourth-order valence-electron chi connectivity index (χ4n) is 4.25. The standard InChI is InChI=1S/C20H21FN6O/c21-14-1-3-15(4-2-14)28-18-12-23-17(11-24-18)26-9-6-20(7-10-26)13-27-16(19(20)22)5-8-25-27/h1-5,8,11-12,19H,6-7,9-10,13,22H2/t19-/m1/s1. The van der Waals surface area contributed by atoms with Crippen molar-refractivity contribution in [2.45, 2.75) is 25.4 Å². The first-order chi connectivity index (χ1) is 13.6. The summed E-state index contributed by atoms with van der Waals surface area (Å²) in [5.41, 5.74) is 7.76. The Kier molecular flexibility index (Phi) is 4.01. The summed E-state index contributed by atoms with van der Waals surface area (Å²) >= 11 is 0. The molecule has 0 bridgehead atoms. The van der Waals surface area contributed by atoms with Gasteiger partial charge in [-0.15, -0.1) is 0 Å². The van der Waals surface area contributed by atoms with Crippen molar-refractivity contribution in [3.8, 4) is 11.6 Å². The van der Waals surface area contributed by atoms with Crippen LogP contribution in [0.15, 0.2) is 48.9 Å². The summed E-state index contributed by atoms with van der Waals surface area (Å²) < 4.78 is 20.6. The minimum atomic E-state index is -0.304. The Bertz CT molecular complexity index is 963. The van der Waals surface area contributed by atoms with Gasteiger partial charge >= 0.3 is 0 Å². The highest BCUT2D eigenvalue weighted by Crippen LogP contribution is 2.47. The molecular weight excluding hydrogens is 359 g/mol. The molecule has 1 atom stereocenters. The number of rotatable bonds is 3. The monoisotopic (exact) mass is 380 g/mol. The molecule has 2 aliphatic heterocycles. The molecule has 1 fully saturated rings. The first kappa shape index (κ1) is 17.1. The van der Waals surface area contributed by atoms with Crippen molar-refractivity contribution in [2.75, 3.05) is 18.0 Å². The highest BCUT2D eigenvalue weighted by Gasteiger charge is 2.46. The summed E-state index contributed by atoms with van der Waals surface area (Å²) in [6, 6.07) is 7.88. The number of hydrogen-bond acceptors (Lipinski definition) is 6. The van der Waals surface area contributed by atoms with E-state index in [4.69, 9.17) is 10.5 Å². The lowest BCUT2D eigenvalue weighted by molar-refractivity contribution is 0.170. The van der Waals surface area contributed by atoms with E-state index in [2.05, 4.69) is 20.0 Å². The van der Waals surface area contributed by atoms with E-state index < -0.39 is 0 Å². The Morgan fingerprint density at radius 1 is 1.07 bits per heavy atom. The molecule has 8 heteroatoms. The molecule has 5 rings (SSSR count). The Hall–Kier alpha value is -3.00. The summed E-state index contributed by atoms with van der Waals surface area (Å²) in [5, 5.41) is 4.39. The van der Waals surface area contributed by atoms with Gasteiger partial charge in [0.2, 0.25) is 5.88 Å². The number of anilines is 1. The van der Waals surface area contributed by atoms with E-state index >= 15 is 0 Å². The molecule has 144 valence electrons. The van der Waals surface area contributed by atoms with Crippen LogP contribution in [0.1, 0.15) is 24.6 Å². The normalized spacial score (nSPS) is 20.4. The van der Waals surface area contributed by atoms with Gasteiger partial charge in [-0.25, -0.2) is 14.4 Å². The number of benzene rings is 1. The number of fused-ring (bicyclic) bond motifs is 1. The molecule has 0 unspecified atom stereocenters. The van der Waals surface area contributed by atoms with Crippen molar-refractivity contribution in [3.05, 3.63) is 60.4 Å². The summed E-state index contributed by atoms with van der Waals surface area (Å²) in [4.78, 5) is 11.1. The average Bonchev–Trinajstić information content (AvgIpc) is 3.27. The molecule has 2 N–H and O–H groups in total. The molecule has 3 aromatic rings. The second kappa shape index (κ2) is 6.56. The maximum Gasteiger partial charge on any atom is 0.237 e. The van der Waals surface area contributed by atoms with E-state index in [-0.39, 0.29) is 17.3 Å². The number of ether oxygens (including phenoxy) is 1. The van der Waals surface area contributed by atoms with E-state index in [0.29, 0.717) is 11.6 Å². The van der Waals surface area contributed by atoms with Gasteiger partial charge < -0.3 is 15.4 Å². The van der Waals surface area contributed by atoms with Gasteiger partial charge in [0, 0.05) is 31.2 Å². The van der Waals surface area contributed by atoms with Crippen LogP contribution >= 0.6 is 0 Å². The largest absolute Gasteiger partial charge is 0.438 e. The molecule has 4 heterocycles. The van der Waals surface area contributed by atoms with Crippen LogP contribution < -0.4 is 15.4 Å². The van der Waals surface area contributed by atoms with Crippen LogP contribution in [0.5, 0.6) is 11.6 Å². The fraction of sp³-hybridized carbons (Fsp3) is 0.350. The van der Waals surface area contributed by atoms with Crippen molar-refractivity contribution >= 4 is 5.82 Å². The highest BCUT2D eigenvalue weighted by molar-refractivity contribution is 5.38. The van der Waals surface area contributed by atoms with Crippen LogP contribution in [0.3, 0.4) is 0 Å². The van der Waals surface area contributed by atoms with Crippen molar-refractivity contribution in [3.63, 3.8) is 0 Å². The lowest BCUT2D eigenvalue weighted by Crippen LogP contribution is -2.45. The first-order valence-corrected chi connectivity index (χ1v) is 9.41. The van der Waals surface area contributed by atoms with Crippen LogP contribution in [-0.2, 0) is 6.54 Å². The van der Waals surface area contributed by atoms with E-state index in [1.807, 2.05) is 16.9 Å². The van der Waals surface area contributed by atoms with Gasteiger partial charge in [-0.2, -0.15) is 5.10 Å². The van der Waals surface area contributed by atoms with Crippen LogP contribution in [0.4, 0.5) is 10.2 Å². The Balaban J connectivity index is 1.23. The second-order valence-corrected chi connectivity index (χ2v) is 7.51. The minimum Gasteiger partial charge on any atom is -0.438 e. The SMILES string of the molecule is N[C@@H]1c2ccnn2CC12CCN(c1cnc(Oc3ccc(F)cc3)cn1)CC2. The predicted octanol–water partition coefficient (Wildman–Crippen LogP) is 2.90. The highest BCUT2D eigenvalue weighted by atomic mass is 19.1. The zero-order valence-corrected chi connectivity index (χ0v) is 15.3. The molecule has 1 saturated heterocycles. The van der Waals surface area contributed by atoms with Crippen LogP contribution in [-0.4, -0.2) is 32.8 Å². The lowest BCUT2D eigenvalue weighted by atomic mass is 9.73. The van der Waals surface area contributed by atoms with Gasteiger partial charge in [-0.1, -0.05) is 0 Å². The summed E-state index contributed by atoms with van der Waals surface area (Å²) in [5.74, 6) is 1.43. The third kappa shape index (κ3) is 2.90. The predicted molar refractivity (Wildman–Crippen MR) is 102 cm³/mol. The zero-order valence-electron chi connectivity index (χ0n) is 15.3. The first-order valence-electron chi connectivity index (χ1n) is 9.41. The Morgan fingerprint density at radius 2 is 1.86 bits per heavy atom. The molecule has 0 amide bonds. The van der Waals surface area contributed by atoms with Crippen LogP contribution in [0.2, 0.25) is 0 Å². The van der Waals surface area contributed by atoms with Crippen LogP contribution in [0, 0.1) is 11.2 Å². The molecule has 0 radical (unpaired) electrons. The molecule has 2 aliphatic rings. The van der Waals surface area contributed by atoms with Crippen LogP contribution in [0.25, 0.3) is 0 Å². The molecular formula is C20H21FN6O. The van der Waals surface area contributed by atoms with Gasteiger partial charge in [-0.3, -0.25) is 4.68 Å². The van der Waals surface area contributed by atoms with Gasteiger partial charge in [0.25, 0.3) is 0 Å². The minimum absolute atomic E-state index is 0.0368.